The summed E-state index contributed by atoms with van der Waals surface area (Å²) in [4.78, 5) is 2.35. The van der Waals surface area contributed by atoms with Crippen molar-refractivity contribution in [2.24, 2.45) is 0 Å². The number of hydrogen-bond donors (Lipinski definition) is 0. The first-order valence-electron chi connectivity index (χ1n) is 7.26. The molecule has 0 heterocycles. The van der Waals surface area contributed by atoms with Gasteiger partial charge < -0.3 is 4.90 Å². The quantitative estimate of drug-likeness (QED) is 0.822. The summed E-state index contributed by atoms with van der Waals surface area (Å²) in [7, 11) is 0.506. The zero-order valence-electron chi connectivity index (χ0n) is 13.2. The standard InChI is InChI=1S/C17H22N2O2S/c1-4-19(22(20,21)17-8-6-5-7-9-17)14-15-10-12-16(13-11-15)18(2)3/h5-13H,4,14H2,1-3H3. The van der Waals surface area contributed by atoms with Crippen LogP contribution in [-0.4, -0.2) is 33.4 Å². The van der Waals surface area contributed by atoms with Gasteiger partial charge in [0, 0.05) is 32.9 Å². The Morgan fingerprint density at radius 3 is 2.00 bits per heavy atom. The fourth-order valence-corrected chi connectivity index (χ4v) is 3.67. The van der Waals surface area contributed by atoms with Gasteiger partial charge in [-0.3, -0.25) is 0 Å². The van der Waals surface area contributed by atoms with Crippen LogP contribution in [0, 0.1) is 0 Å². The van der Waals surface area contributed by atoms with Crippen LogP contribution in [0.2, 0.25) is 0 Å². The van der Waals surface area contributed by atoms with Crippen molar-refractivity contribution in [2.45, 2.75) is 18.4 Å². The molecule has 0 unspecified atom stereocenters. The van der Waals surface area contributed by atoms with Gasteiger partial charge >= 0.3 is 0 Å². The second-order valence-corrected chi connectivity index (χ2v) is 7.24. The Bertz CT molecular complexity index is 695. The van der Waals surface area contributed by atoms with Crippen molar-refractivity contribution in [2.75, 3.05) is 25.5 Å². The number of rotatable bonds is 6. The van der Waals surface area contributed by atoms with Gasteiger partial charge in [0.15, 0.2) is 0 Å². The molecule has 0 aliphatic carbocycles. The van der Waals surface area contributed by atoms with Crippen LogP contribution in [0.15, 0.2) is 59.5 Å². The van der Waals surface area contributed by atoms with Gasteiger partial charge in [0.25, 0.3) is 0 Å². The van der Waals surface area contributed by atoms with Gasteiger partial charge in [-0.25, -0.2) is 8.42 Å². The minimum Gasteiger partial charge on any atom is -0.378 e. The molecule has 0 fully saturated rings. The van der Waals surface area contributed by atoms with Gasteiger partial charge in [-0.1, -0.05) is 37.3 Å². The van der Waals surface area contributed by atoms with Crippen molar-refractivity contribution in [1.29, 1.82) is 0 Å². The first-order chi connectivity index (χ1) is 10.4. The van der Waals surface area contributed by atoms with Crippen molar-refractivity contribution in [1.82, 2.24) is 4.31 Å². The molecule has 0 N–H and O–H groups in total. The summed E-state index contributed by atoms with van der Waals surface area (Å²) < 4.78 is 26.8. The zero-order valence-corrected chi connectivity index (χ0v) is 14.0. The highest BCUT2D eigenvalue weighted by atomic mass is 32.2. The van der Waals surface area contributed by atoms with Crippen LogP contribution >= 0.6 is 0 Å². The van der Waals surface area contributed by atoms with Crippen LogP contribution in [0.4, 0.5) is 5.69 Å². The number of benzene rings is 2. The van der Waals surface area contributed by atoms with E-state index >= 15 is 0 Å². The molecule has 2 aromatic carbocycles. The number of hydrogen-bond acceptors (Lipinski definition) is 3. The van der Waals surface area contributed by atoms with Gasteiger partial charge in [0.1, 0.15) is 0 Å². The number of nitrogens with zero attached hydrogens (tertiary/aromatic N) is 2. The van der Waals surface area contributed by atoms with E-state index in [9.17, 15) is 8.42 Å². The molecule has 0 aliphatic heterocycles. The van der Waals surface area contributed by atoms with Gasteiger partial charge in [-0.05, 0) is 29.8 Å². The van der Waals surface area contributed by atoms with Crippen LogP contribution in [-0.2, 0) is 16.6 Å². The van der Waals surface area contributed by atoms with Crippen molar-refractivity contribution >= 4 is 15.7 Å². The highest BCUT2D eigenvalue weighted by Crippen LogP contribution is 2.19. The van der Waals surface area contributed by atoms with E-state index in [0.717, 1.165) is 11.3 Å². The lowest BCUT2D eigenvalue weighted by molar-refractivity contribution is 0.423. The second kappa shape index (κ2) is 6.94. The lowest BCUT2D eigenvalue weighted by Crippen LogP contribution is -2.30. The summed E-state index contributed by atoms with van der Waals surface area (Å²) in [5.41, 5.74) is 2.07. The Labute approximate surface area is 133 Å². The van der Waals surface area contributed by atoms with E-state index in [0.29, 0.717) is 18.0 Å². The summed E-state index contributed by atoms with van der Waals surface area (Å²) in [5.74, 6) is 0. The molecule has 0 amide bonds. The SMILES string of the molecule is CCN(Cc1ccc(N(C)C)cc1)S(=O)(=O)c1ccccc1. The third-order valence-electron chi connectivity index (χ3n) is 3.55. The second-order valence-electron chi connectivity index (χ2n) is 5.31. The molecule has 0 radical (unpaired) electrons. The predicted molar refractivity (Wildman–Crippen MR) is 90.5 cm³/mol. The highest BCUT2D eigenvalue weighted by molar-refractivity contribution is 7.89. The maximum Gasteiger partial charge on any atom is 0.243 e. The van der Waals surface area contributed by atoms with E-state index < -0.39 is 10.0 Å². The molecule has 0 spiro atoms. The lowest BCUT2D eigenvalue weighted by atomic mass is 10.2. The average Bonchev–Trinajstić information content (AvgIpc) is 2.53. The van der Waals surface area contributed by atoms with Crippen molar-refractivity contribution in [3.8, 4) is 0 Å². The third-order valence-corrected chi connectivity index (χ3v) is 5.48. The molecule has 5 heteroatoms. The molecule has 22 heavy (non-hydrogen) atoms. The van der Waals surface area contributed by atoms with Crippen LogP contribution in [0.25, 0.3) is 0 Å². The molecule has 0 atom stereocenters. The first-order valence-corrected chi connectivity index (χ1v) is 8.70. The molecule has 118 valence electrons. The van der Waals surface area contributed by atoms with Crippen LogP contribution in [0.1, 0.15) is 12.5 Å². The molecular weight excluding hydrogens is 296 g/mol. The summed E-state index contributed by atoms with van der Waals surface area (Å²) in [6, 6.07) is 16.5. The van der Waals surface area contributed by atoms with Gasteiger partial charge in [0.05, 0.1) is 4.90 Å². The Morgan fingerprint density at radius 1 is 0.909 bits per heavy atom. The maximum atomic E-state index is 12.7. The normalized spacial score (nSPS) is 11.6. The minimum absolute atomic E-state index is 0.335. The summed E-state index contributed by atoms with van der Waals surface area (Å²) in [6.07, 6.45) is 0. The smallest absolute Gasteiger partial charge is 0.243 e. The molecule has 0 aromatic heterocycles. The first kappa shape index (κ1) is 16.5. The Morgan fingerprint density at radius 2 is 1.50 bits per heavy atom. The van der Waals surface area contributed by atoms with Gasteiger partial charge in [0.2, 0.25) is 10.0 Å². The van der Waals surface area contributed by atoms with Crippen LogP contribution in [0.5, 0.6) is 0 Å². The highest BCUT2D eigenvalue weighted by Gasteiger charge is 2.22. The minimum atomic E-state index is -3.45. The Hall–Kier alpha value is -1.85. The molecule has 0 aliphatic rings. The monoisotopic (exact) mass is 318 g/mol. The van der Waals surface area contributed by atoms with Crippen molar-refractivity contribution in [3.63, 3.8) is 0 Å². The Balaban J connectivity index is 2.22. The molecule has 4 nitrogen and oxygen atoms in total. The maximum absolute atomic E-state index is 12.7. The molecule has 2 rings (SSSR count). The van der Waals surface area contributed by atoms with Gasteiger partial charge in [-0.15, -0.1) is 0 Å². The molecule has 2 aromatic rings. The molecule has 0 saturated heterocycles. The fraction of sp³-hybridized carbons (Fsp3) is 0.294. The zero-order chi connectivity index (χ0) is 16.2. The fourth-order valence-electron chi connectivity index (χ4n) is 2.21. The topological polar surface area (TPSA) is 40.6 Å². The largest absolute Gasteiger partial charge is 0.378 e. The van der Waals surface area contributed by atoms with Crippen molar-refractivity contribution < 1.29 is 8.42 Å². The summed E-state index contributed by atoms with van der Waals surface area (Å²) in [6.45, 7) is 2.67. The van der Waals surface area contributed by atoms with Crippen LogP contribution in [0.3, 0.4) is 0 Å². The lowest BCUT2D eigenvalue weighted by Gasteiger charge is -2.21. The molecule has 0 saturated carbocycles. The van der Waals surface area contributed by atoms with Crippen LogP contribution < -0.4 is 4.90 Å². The number of anilines is 1. The van der Waals surface area contributed by atoms with E-state index in [-0.39, 0.29) is 0 Å². The van der Waals surface area contributed by atoms with E-state index in [1.807, 2.05) is 56.3 Å². The molecular formula is C17H22N2O2S. The van der Waals surface area contributed by atoms with E-state index in [4.69, 9.17) is 0 Å². The van der Waals surface area contributed by atoms with E-state index in [2.05, 4.69) is 0 Å². The predicted octanol–water partition coefficient (Wildman–Crippen LogP) is 2.96. The van der Waals surface area contributed by atoms with E-state index in [1.54, 1.807) is 24.3 Å². The molecule has 0 bridgehead atoms. The van der Waals surface area contributed by atoms with Gasteiger partial charge in [-0.2, -0.15) is 4.31 Å². The van der Waals surface area contributed by atoms with E-state index in [1.165, 1.54) is 4.31 Å². The summed E-state index contributed by atoms with van der Waals surface area (Å²) in [5, 5.41) is 0. The third kappa shape index (κ3) is 3.67. The summed E-state index contributed by atoms with van der Waals surface area (Å²) >= 11 is 0. The average molecular weight is 318 g/mol. The Kier molecular flexibility index (Phi) is 5.21. The van der Waals surface area contributed by atoms with Crippen molar-refractivity contribution in [3.05, 3.63) is 60.2 Å². The number of sulfonamides is 1.